The number of carbonyl (C=O) groups is 1. The molecule has 0 aliphatic heterocycles. The SMILES string of the molecule is CC(C1CC1)n1nccc1NC(=O)c1cc(-c2ccccc2)nc2c1cnn2Cc1ccco1. The molecule has 1 aromatic carbocycles. The Morgan fingerprint density at radius 2 is 2.00 bits per heavy atom. The van der Waals surface area contributed by atoms with E-state index in [0.29, 0.717) is 40.6 Å². The predicted molar refractivity (Wildman–Crippen MR) is 128 cm³/mol. The monoisotopic (exact) mass is 452 g/mol. The number of pyridine rings is 1. The van der Waals surface area contributed by atoms with Crippen molar-refractivity contribution in [1.82, 2.24) is 24.5 Å². The van der Waals surface area contributed by atoms with Crippen LogP contribution >= 0.6 is 0 Å². The lowest BCUT2D eigenvalue weighted by atomic mass is 10.1. The molecule has 1 amide bonds. The molecular weight excluding hydrogens is 428 g/mol. The Kier molecular flexibility index (Phi) is 4.98. The van der Waals surface area contributed by atoms with Crippen LogP contribution in [0.3, 0.4) is 0 Å². The zero-order chi connectivity index (χ0) is 23.1. The average molecular weight is 453 g/mol. The summed E-state index contributed by atoms with van der Waals surface area (Å²) >= 11 is 0. The van der Waals surface area contributed by atoms with Crippen molar-refractivity contribution >= 4 is 22.8 Å². The predicted octanol–water partition coefficient (Wildman–Crippen LogP) is 5.16. The van der Waals surface area contributed by atoms with E-state index in [-0.39, 0.29) is 11.9 Å². The van der Waals surface area contributed by atoms with Gasteiger partial charge in [-0.15, -0.1) is 0 Å². The molecule has 1 saturated carbocycles. The number of carbonyl (C=O) groups excluding carboxylic acids is 1. The fraction of sp³-hybridized carbons (Fsp3) is 0.231. The Bertz CT molecular complexity index is 1450. The number of benzene rings is 1. The van der Waals surface area contributed by atoms with Gasteiger partial charge in [-0.1, -0.05) is 30.3 Å². The number of amides is 1. The van der Waals surface area contributed by atoms with Gasteiger partial charge in [0.2, 0.25) is 0 Å². The molecule has 0 bridgehead atoms. The molecule has 1 fully saturated rings. The summed E-state index contributed by atoms with van der Waals surface area (Å²) in [5.74, 6) is 1.86. The summed E-state index contributed by atoms with van der Waals surface area (Å²) < 4.78 is 9.17. The minimum Gasteiger partial charge on any atom is -0.467 e. The fourth-order valence-electron chi connectivity index (χ4n) is 4.36. The van der Waals surface area contributed by atoms with Gasteiger partial charge >= 0.3 is 0 Å². The number of furan rings is 1. The number of fused-ring (bicyclic) bond motifs is 1. The van der Waals surface area contributed by atoms with Crippen LogP contribution in [0.5, 0.6) is 0 Å². The van der Waals surface area contributed by atoms with Crippen LogP contribution in [0.15, 0.2) is 77.7 Å². The Labute approximate surface area is 196 Å². The van der Waals surface area contributed by atoms with Crippen LogP contribution in [0, 0.1) is 5.92 Å². The second-order valence-electron chi connectivity index (χ2n) is 8.73. The quantitative estimate of drug-likeness (QED) is 0.368. The third kappa shape index (κ3) is 3.77. The third-order valence-electron chi connectivity index (χ3n) is 6.41. The van der Waals surface area contributed by atoms with E-state index in [2.05, 4.69) is 22.4 Å². The first-order chi connectivity index (χ1) is 16.7. The molecule has 5 aromatic rings. The van der Waals surface area contributed by atoms with Crippen molar-refractivity contribution in [2.24, 2.45) is 5.92 Å². The molecule has 0 spiro atoms. The van der Waals surface area contributed by atoms with E-state index in [9.17, 15) is 4.79 Å². The topological polar surface area (TPSA) is 90.8 Å². The number of nitrogens with zero attached hydrogens (tertiary/aromatic N) is 5. The zero-order valence-corrected chi connectivity index (χ0v) is 18.8. The first-order valence-electron chi connectivity index (χ1n) is 11.5. The summed E-state index contributed by atoms with van der Waals surface area (Å²) in [4.78, 5) is 18.4. The van der Waals surface area contributed by atoms with Gasteiger partial charge < -0.3 is 9.73 Å². The maximum atomic E-state index is 13.6. The molecule has 170 valence electrons. The van der Waals surface area contributed by atoms with E-state index in [1.54, 1.807) is 23.3 Å². The van der Waals surface area contributed by atoms with Crippen molar-refractivity contribution < 1.29 is 9.21 Å². The first-order valence-corrected chi connectivity index (χ1v) is 11.5. The summed E-state index contributed by atoms with van der Waals surface area (Å²) in [6.45, 7) is 2.58. The largest absolute Gasteiger partial charge is 0.467 e. The second-order valence-corrected chi connectivity index (χ2v) is 8.73. The van der Waals surface area contributed by atoms with Gasteiger partial charge in [-0.2, -0.15) is 10.2 Å². The highest BCUT2D eigenvalue weighted by atomic mass is 16.3. The first kappa shape index (κ1) is 20.4. The van der Waals surface area contributed by atoms with E-state index < -0.39 is 0 Å². The molecule has 1 aliphatic rings. The van der Waals surface area contributed by atoms with Gasteiger partial charge in [0, 0.05) is 11.6 Å². The van der Waals surface area contributed by atoms with Gasteiger partial charge in [0.25, 0.3) is 5.91 Å². The average Bonchev–Trinajstić information content (AvgIpc) is 3.20. The second kappa shape index (κ2) is 8.30. The number of hydrogen-bond donors (Lipinski definition) is 1. The van der Waals surface area contributed by atoms with Crippen LogP contribution in [-0.4, -0.2) is 30.5 Å². The van der Waals surface area contributed by atoms with Gasteiger partial charge in [-0.05, 0) is 43.9 Å². The molecule has 1 atom stereocenters. The number of anilines is 1. The summed E-state index contributed by atoms with van der Waals surface area (Å²) in [6.07, 6.45) is 7.46. The molecule has 1 unspecified atom stereocenters. The Morgan fingerprint density at radius 3 is 2.76 bits per heavy atom. The lowest BCUT2D eigenvalue weighted by Crippen LogP contribution is -2.19. The van der Waals surface area contributed by atoms with E-state index in [1.165, 1.54) is 12.8 Å². The van der Waals surface area contributed by atoms with E-state index >= 15 is 0 Å². The van der Waals surface area contributed by atoms with Crippen molar-refractivity contribution in [2.45, 2.75) is 32.4 Å². The summed E-state index contributed by atoms with van der Waals surface area (Å²) in [5, 5.41) is 12.7. The van der Waals surface area contributed by atoms with Crippen LogP contribution in [0.2, 0.25) is 0 Å². The molecule has 4 aromatic heterocycles. The number of nitrogens with one attached hydrogen (secondary N) is 1. The fourth-order valence-corrected chi connectivity index (χ4v) is 4.36. The highest BCUT2D eigenvalue weighted by Crippen LogP contribution is 2.40. The smallest absolute Gasteiger partial charge is 0.257 e. The van der Waals surface area contributed by atoms with Gasteiger partial charge in [0.15, 0.2) is 5.65 Å². The minimum atomic E-state index is -0.216. The van der Waals surface area contributed by atoms with Crippen molar-refractivity contribution in [3.63, 3.8) is 0 Å². The van der Waals surface area contributed by atoms with Crippen LogP contribution in [0.4, 0.5) is 5.82 Å². The number of hydrogen-bond acceptors (Lipinski definition) is 5. The van der Waals surface area contributed by atoms with Gasteiger partial charge in [-0.3, -0.25) is 4.79 Å². The van der Waals surface area contributed by atoms with Crippen LogP contribution < -0.4 is 5.32 Å². The van der Waals surface area contributed by atoms with E-state index in [4.69, 9.17) is 9.40 Å². The summed E-state index contributed by atoms with van der Waals surface area (Å²) in [5.41, 5.74) is 2.78. The third-order valence-corrected chi connectivity index (χ3v) is 6.41. The molecule has 6 rings (SSSR count). The highest BCUT2D eigenvalue weighted by Gasteiger charge is 2.31. The van der Waals surface area contributed by atoms with E-state index in [1.807, 2.05) is 59.3 Å². The molecule has 34 heavy (non-hydrogen) atoms. The molecule has 4 heterocycles. The van der Waals surface area contributed by atoms with Gasteiger partial charge in [-0.25, -0.2) is 14.3 Å². The van der Waals surface area contributed by atoms with Crippen molar-refractivity contribution in [2.75, 3.05) is 5.32 Å². The minimum absolute atomic E-state index is 0.216. The Morgan fingerprint density at radius 1 is 1.15 bits per heavy atom. The highest BCUT2D eigenvalue weighted by molar-refractivity contribution is 6.12. The normalized spacial score (nSPS) is 14.4. The maximum Gasteiger partial charge on any atom is 0.257 e. The number of aromatic nitrogens is 5. The molecule has 1 aliphatic carbocycles. The Hall–Kier alpha value is -4.20. The van der Waals surface area contributed by atoms with Gasteiger partial charge in [0.05, 0.1) is 41.3 Å². The summed E-state index contributed by atoms with van der Waals surface area (Å²) in [6, 6.07) is 17.5. The van der Waals surface area contributed by atoms with Crippen LogP contribution in [0.1, 0.15) is 41.9 Å². The zero-order valence-electron chi connectivity index (χ0n) is 18.8. The van der Waals surface area contributed by atoms with Crippen molar-refractivity contribution in [3.8, 4) is 11.3 Å². The van der Waals surface area contributed by atoms with E-state index in [0.717, 1.165) is 11.3 Å². The lowest BCUT2D eigenvalue weighted by Gasteiger charge is -2.16. The van der Waals surface area contributed by atoms with Crippen LogP contribution in [-0.2, 0) is 6.54 Å². The molecule has 8 heteroatoms. The van der Waals surface area contributed by atoms with Crippen molar-refractivity contribution in [1.29, 1.82) is 0 Å². The lowest BCUT2D eigenvalue weighted by molar-refractivity contribution is 0.102. The number of rotatable bonds is 7. The molecular formula is C26H24N6O2. The standard InChI is InChI=1S/C26H24N6O2/c1-17(18-9-10-18)32-24(11-12-27-32)30-26(33)21-14-23(19-6-3-2-4-7-19)29-25-22(21)15-28-31(25)16-20-8-5-13-34-20/h2-8,11-15,17-18H,9-10,16H2,1H3,(H,30,33). The molecule has 0 saturated heterocycles. The Balaban J connectivity index is 1.41. The maximum absolute atomic E-state index is 13.6. The summed E-state index contributed by atoms with van der Waals surface area (Å²) in [7, 11) is 0. The van der Waals surface area contributed by atoms with Crippen LogP contribution in [0.25, 0.3) is 22.3 Å². The molecule has 0 radical (unpaired) electrons. The molecule has 8 nitrogen and oxygen atoms in total. The molecule has 1 N–H and O–H groups in total. The van der Waals surface area contributed by atoms with Crippen molar-refractivity contribution in [3.05, 3.63) is 84.6 Å². The van der Waals surface area contributed by atoms with Gasteiger partial charge in [0.1, 0.15) is 18.1 Å².